The normalized spacial score (nSPS) is 22.5. The molecule has 4 aromatic rings. The smallest absolute Gasteiger partial charge is 0.255 e. The van der Waals surface area contributed by atoms with Crippen LogP contribution < -0.4 is 27.0 Å². The molecule has 0 bridgehead atoms. The molecule has 7 heterocycles. The number of benzene rings is 2. The Balaban J connectivity index is 0.00000231. The lowest BCUT2D eigenvalue weighted by Gasteiger charge is -2.36. The average molecular weight is 796 g/mol. The Bertz CT molecular complexity index is 2360. The number of piperazine rings is 1. The molecule has 5 aliphatic rings. The number of aryl methyl sites for hydroxylation is 1. The highest BCUT2D eigenvalue weighted by Gasteiger charge is 2.40. The van der Waals surface area contributed by atoms with Crippen molar-refractivity contribution < 1.29 is 28.3 Å². The number of hydrogen-bond donors (Lipinski definition) is 5. The Morgan fingerprint density at radius 1 is 1.05 bits per heavy atom. The van der Waals surface area contributed by atoms with Crippen molar-refractivity contribution in [2.75, 3.05) is 51.3 Å². The molecular formula is C41H47F2N11O4. The van der Waals surface area contributed by atoms with Gasteiger partial charge in [-0.2, -0.15) is 5.10 Å². The number of carbonyl (C=O) groups excluding carboxylic acids is 3. The molecule has 17 heteroatoms. The van der Waals surface area contributed by atoms with Crippen molar-refractivity contribution in [3.05, 3.63) is 100 Å². The molecule has 0 spiro atoms. The second kappa shape index (κ2) is 15.6. The summed E-state index contributed by atoms with van der Waals surface area (Å²) in [5, 5.41) is 21.7. The number of rotatable bonds is 7. The number of imide groups is 1. The molecule has 0 radical (unpaired) electrons. The summed E-state index contributed by atoms with van der Waals surface area (Å²) in [6.45, 7) is 7.73. The zero-order valence-corrected chi connectivity index (χ0v) is 32.4. The van der Waals surface area contributed by atoms with Crippen molar-refractivity contribution in [3.8, 4) is 5.75 Å². The molecule has 2 aromatic heterocycles. The van der Waals surface area contributed by atoms with Crippen LogP contribution in [0.4, 0.5) is 14.5 Å². The lowest BCUT2D eigenvalue weighted by atomic mass is 10.0. The zero-order valence-electron chi connectivity index (χ0n) is 32.4. The van der Waals surface area contributed by atoms with E-state index in [1.54, 1.807) is 17.0 Å². The monoisotopic (exact) mass is 795 g/mol. The Morgan fingerprint density at radius 2 is 1.84 bits per heavy atom. The van der Waals surface area contributed by atoms with Crippen molar-refractivity contribution >= 4 is 40.1 Å². The summed E-state index contributed by atoms with van der Waals surface area (Å²) in [4.78, 5) is 51.1. The SMILES string of the molecule is CF.Cc1nc2c(cnn2C2CC3CNC(N)=C(/C=C(\N)c4cccc(F)c4O)N3C2)cc1CN1CCN(c2ccc3c(c2)C(=O)N(C2CCC(=O)NC2=O)C3)CC1. The lowest BCUT2D eigenvalue weighted by Crippen LogP contribution is -2.52. The van der Waals surface area contributed by atoms with Crippen LogP contribution in [-0.4, -0.2) is 111 Å². The van der Waals surface area contributed by atoms with Crippen LogP contribution in [0.1, 0.15) is 58.0 Å². The molecule has 3 atom stereocenters. The number of nitrogens with two attached hydrogens (primary N) is 2. The van der Waals surface area contributed by atoms with Gasteiger partial charge in [0.2, 0.25) is 11.8 Å². The van der Waals surface area contributed by atoms with Gasteiger partial charge in [0.15, 0.2) is 17.2 Å². The average Bonchev–Trinajstić information content (AvgIpc) is 3.93. The summed E-state index contributed by atoms with van der Waals surface area (Å²) >= 11 is 0. The molecule has 304 valence electrons. The fraction of sp³-hybridized carbons (Fsp3) is 0.390. The van der Waals surface area contributed by atoms with Gasteiger partial charge in [-0.15, -0.1) is 0 Å². The first kappa shape index (κ1) is 38.6. The maximum absolute atomic E-state index is 14.1. The number of hydrogen-bond acceptors (Lipinski definition) is 12. The highest BCUT2D eigenvalue weighted by atomic mass is 19.1. The van der Waals surface area contributed by atoms with Crippen LogP contribution in [0.5, 0.6) is 5.75 Å². The van der Waals surface area contributed by atoms with E-state index in [0.29, 0.717) is 50.3 Å². The standard InChI is InChI=1S/C40H44FN11O4.CH3F/c1-22-25(19-48-9-11-49(12-10-48)26-6-5-23-20-51(40(56)30(23)15-26)33-7-8-35(53)47-39(33)55)13-24-17-45-52(38(24)46-22)28-14-27-18-44-37(43)34(50(27)21-28)16-32(42)29-3-2-4-31(41)36(29)54;1-2/h2-6,13,15-17,27-28,33,44,54H,7-12,14,18-21,42-43H2,1H3,(H,47,53,55);1H3/b32-16-;. The number of alkyl halides is 1. The minimum Gasteiger partial charge on any atom is -0.504 e. The third-order valence-electron chi connectivity index (χ3n) is 11.9. The largest absolute Gasteiger partial charge is 0.504 e. The van der Waals surface area contributed by atoms with E-state index in [0.717, 1.165) is 72.7 Å². The highest BCUT2D eigenvalue weighted by molar-refractivity contribution is 6.05. The van der Waals surface area contributed by atoms with Gasteiger partial charge in [0.05, 0.1) is 25.1 Å². The molecule has 15 nitrogen and oxygen atoms in total. The van der Waals surface area contributed by atoms with Gasteiger partial charge < -0.3 is 36.6 Å². The van der Waals surface area contributed by atoms with Crippen molar-refractivity contribution in [1.29, 1.82) is 0 Å². The summed E-state index contributed by atoms with van der Waals surface area (Å²) in [6, 6.07) is 12.0. The number of para-hydroxylation sites is 1. The van der Waals surface area contributed by atoms with E-state index in [1.165, 1.54) is 12.1 Å². The van der Waals surface area contributed by atoms with Crippen LogP contribution in [-0.2, 0) is 22.7 Å². The summed E-state index contributed by atoms with van der Waals surface area (Å²) < 4.78 is 25.6. The number of aromatic hydroxyl groups is 1. The molecule has 5 aliphatic heterocycles. The van der Waals surface area contributed by atoms with Crippen molar-refractivity contribution in [2.24, 2.45) is 11.5 Å². The second-order valence-corrected chi connectivity index (χ2v) is 15.4. The number of piperidine rings is 1. The number of carbonyl (C=O) groups is 3. The van der Waals surface area contributed by atoms with Crippen LogP contribution in [0.2, 0.25) is 0 Å². The topological polar surface area (TPSA) is 191 Å². The summed E-state index contributed by atoms with van der Waals surface area (Å²) in [5.41, 5.74) is 19.3. The Labute approximate surface area is 333 Å². The minimum atomic E-state index is -0.741. The molecule has 58 heavy (non-hydrogen) atoms. The van der Waals surface area contributed by atoms with Crippen molar-refractivity contribution in [2.45, 2.75) is 57.4 Å². The number of nitrogens with zero attached hydrogens (tertiary/aromatic N) is 7. The van der Waals surface area contributed by atoms with Crippen LogP contribution >= 0.6 is 0 Å². The van der Waals surface area contributed by atoms with Crippen molar-refractivity contribution in [1.82, 2.24) is 40.1 Å². The van der Waals surface area contributed by atoms with Crippen LogP contribution in [0.3, 0.4) is 0 Å². The molecule has 0 aliphatic carbocycles. The highest BCUT2D eigenvalue weighted by Crippen LogP contribution is 2.36. The first-order valence-corrected chi connectivity index (χ1v) is 19.4. The number of nitrogens with one attached hydrogen (secondary N) is 2. The predicted molar refractivity (Wildman–Crippen MR) is 213 cm³/mol. The zero-order chi connectivity index (χ0) is 40.8. The molecule has 2 aromatic carbocycles. The molecule has 3 saturated heterocycles. The summed E-state index contributed by atoms with van der Waals surface area (Å²) in [7, 11) is 0.500. The number of allylic oxidation sites excluding steroid dienone is 1. The Morgan fingerprint density at radius 3 is 2.62 bits per heavy atom. The minimum absolute atomic E-state index is 0.0261. The number of fused-ring (bicyclic) bond motifs is 3. The first-order chi connectivity index (χ1) is 28.0. The Hall–Kier alpha value is -6.23. The fourth-order valence-corrected chi connectivity index (χ4v) is 8.85. The number of aromatic nitrogens is 3. The van der Waals surface area contributed by atoms with E-state index >= 15 is 0 Å². The predicted octanol–water partition coefficient (Wildman–Crippen LogP) is 2.60. The van der Waals surface area contributed by atoms with E-state index in [9.17, 15) is 28.3 Å². The van der Waals surface area contributed by atoms with Crippen LogP contribution in [0.25, 0.3) is 16.7 Å². The molecular weight excluding hydrogens is 749 g/mol. The van der Waals surface area contributed by atoms with E-state index in [-0.39, 0.29) is 41.6 Å². The maximum Gasteiger partial charge on any atom is 0.255 e. The molecule has 3 unspecified atom stereocenters. The van der Waals surface area contributed by atoms with Gasteiger partial charge in [-0.3, -0.25) is 29.0 Å². The quantitative estimate of drug-likeness (QED) is 0.172. The van der Waals surface area contributed by atoms with E-state index in [2.05, 4.69) is 37.5 Å². The molecule has 3 amide bonds. The number of amides is 3. The first-order valence-electron chi connectivity index (χ1n) is 19.4. The number of halogens is 2. The van der Waals surface area contributed by atoms with Gasteiger partial charge in [-0.05, 0) is 67.3 Å². The third kappa shape index (κ3) is 7.03. The van der Waals surface area contributed by atoms with Gasteiger partial charge in [-0.1, -0.05) is 12.1 Å². The molecule has 9 rings (SSSR count). The van der Waals surface area contributed by atoms with Crippen LogP contribution in [0, 0.1) is 12.7 Å². The molecule has 0 saturated carbocycles. The van der Waals surface area contributed by atoms with Gasteiger partial charge in [0, 0.05) is 98.4 Å². The van der Waals surface area contributed by atoms with Gasteiger partial charge in [0.1, 0.15) is 11.9 Å². The summed E-state index contributed by atoms with van der Waals surface area (Å²) in [5.74, 6) is -1.63. The number of anilines is 1. The van der Waals surface area contributed by atoms with Gasteiger partial charge >= 0.3 is 0 Å². The van der Waals surface area contributed by atoms with E-state index in [1.807, 2.05) is 29.9 Å². The maximum atomic E-state index is 14.1. The third-order valence-corrected chi connectivity index (χ3v) is 11.9. The number of pyridine rings is 1. The Kier molecular flexibility index (Phi) is 10.4. The van der Waals surface area contributed by atoms with Gasteiger partial charge in [0.25, 0.3) is 5.91 Å². The summed E-state index contributed by atoms with van der Waals surface area (Å²) in [6.07, 6.45) is 4.96. The molecule has 3 fully saturated rings. The second-order valence-electron chi connectivity index (χ2n) is 15.4. The van der Waals surface area contributed by atoms with E-state index in [4.69, 9.17) is 21.5 Å². The molecule has 7 N–H and O–H groups in total. The fourth-order valence-electron chi connectivity index (χ4n) is 8.85. The van der Waals surface area contributed by atoms with Crippen molar-refractivity contribution in [3.63, 3.8) is 0 Å². The number of phenols is 1. The lowest BCUT2D eigenvalue weighted by molar-refractivity contribution is -0.136. The number of phenolic OH excluding ortho intramolecular Hbond substituents is 1. The van der Waals surface area contributed by atoms with Crippen LogP contribution in [0.15, 0.2) is 66.3 Å². The van der Waals surface area contributed by atoms with Gasteiger partial charge in [-0.25, -0.2) is 14.1 Å². The van der Waals surface area contributed by atoms with E-state index < -0.39 is 23.5 Å².